The molecule has 1 aliphatic rings. The number of fused-ring (bicyclic) bond motifs is 1. The molecule has 1 aliphatic heterocycles. The van der Waals surface area contributed by atoms with Crippen LogP contribution in [0.1, 0.15) is 32.2 Å². The Morgan fingerprint density at radius 2 is 2.19 bits per heavy atom. The Morgan fingerprint density at radius 1 is 1.43 bits per heavy atom. The first-order valence-electron chi connectivity index (χ1n) is 6.99. The SMILES string of the molecule is Cc1ccsc1C(=O)N1Cc2c(CN(C)C)nn(C)c2C1. The van der Waals surface area contributed by atoms with Gasteiger partial charge in [-0.2, -0.15) is 5.10 Å². The third-order valence-electron chi connectivity index (χ3n) is 3.86. The highest BCUT2D eigenvalue weighted by molar-refractivity contribution is 7.12. The Balaban J connectivity index is 1.85. The third-order valence-corrected chi connectivity index (χ3v) is 4.86. The molecule has 0 saturated heterocycles. The predicted octanol–water partition coefficient (Wildman–Crippen LogP) is 2.01. The van der Waals surface area contributed by atoms with Crippen LogP contribution < -0.4 is 0 Å². The first-order chi connectivity index (χ1) is 9.97. The van der Waals surface area contributed by atoms with Gasteiger partial charge in [-0.1, -0.05) is 0 Å². The van der Waals surface area contributed by atoms with Gasteiger partial charge in [0.1, 0.15) is 0 Å². The number of thiophene rings is 1. The molecule has 2 aromatic rings. The van der Waals surface area contributed by atoms with Crippen molar-refractivity contribution in [2.24, 2.45) is 7.05 Å². The van der Waals surface area contributed by atoms with Gasteiger partial charge >= 0.3 is 0 Å². The van der Waals surface area contributed by atoms with Gasteiger partial charge in [-0.3, -0.25) is 9.48 Å². The Hall–Kier alpha value is -1.66. The fourth-order valence-electron chi connectivity index (χ4n) is 2.78. The smallest absolute Gasteiger partial charge is 0.264 e. The fourth-order valence-corrected chi connectivity index (χ4v) is 3.67. The highest BCUT2D eigenvalue weighted by atomic mass is 32.1. The molecule has 0 fully saturated rings. The largest absolute Gasteiger partial charge is 0.328 e. The molecule has 2 aromatic heterocycles. The van der Waals surface area contributed by atoms with Crippen LogP contribution in [0, 0.1) is 6.92 Å². The summed E-state index contributed by atoms with van der Waals surface area (Å²) < 4.78 is 1.92. The molecule has 0 N–H and O–H groups in total. The van der Waals surface area contributed by atoms with Crippen LogP contribution in [0.4, 0.5) is 0 Å². The molecule has 0 aliphatic carbocycles. The summed E-state index contributed by atoms with van der Waals surface area (Å²) in [5.41, 5.74) is 4.52. The van der Waals surface area contributed by atoms with Gasteiger partial charge in [-0.25, -0.2) is 0 Å². The maximum absolute atomic E-state index is 12.6. The zero-order valence-corrected chi connectivity index (χ0v) is 13.7. The van der Waals surface area contributed by atoms with Crippen LogP contribution in [0.15, 0.2) is 11.4 Å². The van der Waals surface area contributed by atoms with E-state index < -0.39 is 0 Å². The van der Waals surface area contributed by atoms with E-state index in [1.807, 2.05) is 49.1 Å². The van der Waals surface area contributed by atoms with Crippen LogP contribution in [0.25, 0.3) is 0 Å². The quantitative estimate of drug-likeness (QED) is 0.871. The summed E-state index contributed by atoms with van der Waals surface area (Å²) in [6, 6.07) is 2.00. The van der Waals surface area contributed by atoms with Crippen molar-refractivity contribution in [2.75, 3.05) is 14.1 Å². The number of nitrogens with zero attached hydrogens (tertiary/aromatic N) is 4. The summed E-state index contributed by atoms with van der Waals surface area (Å²) >= 11 is 1.52. The first-order valence-corrected chi connectivity index (χ1v) is 7.87. The lowest BCUT2D eigenvalue weighted by Gasteiger charge is -2.16. The van der Waals surface area contributed by atoms with E-state index >= 15 is 0 Å². The summed E-state index contributed by atoms with van der Waals surface area (Å²) in [6.45, 7) is 4.13. The van der Waals surface area contributed by atoms with Crippen LogP contribution in [0.3, 0.4) is 0 Å². The maximum atomic E-state index is 12.6. The molecular weight excluding hydrogens is 284 g/mol. The van der Waals surface area contributed by atoms with E-state index in [0.29, 0.717) is 13.1 Å². The zero-order chi connectivity index (χ0) is 15.1. The van der Waals surface area contributed by atoms with E-state index in [4.69, 9.17) is 0 Å². The molecule has 3 heterocycles. The van der Waals surface area contributed by atoms with Crippen molar-refractivity contribution in [1.29, 1.82) is 0 Å². The molecule has 5 nitrogen and oxygen atoms in total. The zero-order valence-electron chi connectivity index (χ0n) is 12.9. The van der Waals surface area contributed by atoms with Gasteiger partial charge in [0.05, 0.1) is 29.4 Å². The van der Waals surface area contributed by atoms with E-state index in [2.05, 4.69) is 10.00 Å². The second-order valence-electron chi connectivity index (χ2n) is 5.83. The molecule has 0 aromatic carbocycles. The molecule has 0 radical (unpaired) electrons. The van der Waals surface area contributed by atoms with Gasteiger partial charge in [-0.05, 0) is 38.0 Å². The molecule has 0 atom stereocenters. The number of hydrogen-bond acceptors (Lipinski definition) is 4. The van der Waals surface area contributed by atoms with Gasteiger partial charge < -0.3 is 9.80 Å². The van der Waals surface area contributed by atoms with Crippen molar-refractivity contribution in [1.82, 2.24) is 19.6 Å². The van der Waals surface area contributed by atoms with Crippen molar-refractivity contribution in [3.63, 3.8) is 0 Å². The Labute approximate surface area is 128 Å². The van der Waals surface area contributed by atoms with Crippen molar-refractivity contribution < 1.29 is 4.79 Å². The first kappa shape index (κ1) is 14.3. The molecule has 0 spiro atoms. The highest BCUT2D eigenvalue weighted by Crippen LogP contribution is 2.29. The highest BCUT2D eigenvalue weighted by Gasteiger charge is 2.31. The van der Waals surface area contributed by atoms with Gasteiger partial charge in [0, 0.05) is 19.2 Å². The van der Waals surface area contributed by atoms with Gasteiger partial charge in [0.2, 0.25) is 0 Å². The van der Waals surface area contributed by atoms with Gasteiger partial charge in [0.25, 0.3) is 5.91 Å². The van der Waals surface area contributed by atoms with Crippen molar-refractivity contribution in [3.05, 3.63) is 38.8 Å². The molecule has 0 unspecified atom stereocenters. The summed E-state index contributed by atoms with van der Waals surface area (Å²) in [5, 5.41) is 6.56. The molecule has 6 heteroatoms. The number of amides is 1. The minimum atomic E-state index is 0.134. The van der Waals surface area contributed by atoms with Gasteiger partial charge in [0.15, 0.2) is 0 Å². The van der Waals surface area contributed by atoms with Gasteiger partial charge in [-0.15, -0.1) is 11.3 Å². The number of carbonyl (C=O) groups excluding carboxylic acids is 1. The Morgan fingerprint density at radius 3 is 2.81 bits per heavy atom. The number of hydrogen-bond donors (Lipinski definition) is 0. The van der Waals surface area contributed by atoms with E-state index in [0.717, 1.165) is 28.4 Å². The maximum Gasteiger partial charge on any atom is 0.264 e. The lowest BCUT2D eigenvalue weighted by molar-refractivity contribution is 0.0752. The number of carbonyl (C=O) groups is 1. The van der Waals surface area contributed by atoms with Crippen molar-refractivity contribution in [3.8, 4) is 0 Å². The minimum Gasteiger partial charge on any atom is -0.328 e. The molecule has 0 bridgehead atoms. The van der Waals surface area contributed by atoms with E-state index in [-0.39, 0.29) is 5.91 Å². The number of rotatable bonds is 3. The van der Waals surface area contributed by atoms with E-state index in [9.17, 15) is 4.79 Å². The Kier molecular flexibility index (Phi) is 3.59. The lowest BCUT2D eigenvalue weighted by Crippen LogP contribution is -2.26. The average molecular weight is 304 g/mol. The van der Waals surface area contributed by atoms with Crippen LogP contribution in [0.5, 0.6) is 0 Å². The minimum absolute atomic E-state index is 0.134. The predicted molar refractivity (Wildman–Crippen MR) is 83.2 cm³/mol. The van der Waals surface area contributed by atoms with E-state index in [1.54, 1.807) is 0 Å². The van der Waals surface area contributed by atoms with E-state index in [1.165, 1.54) is 16.9 Å². The summed E-state index contributed by atoms with van der Waals surface area (Å²) in [4.78, 5) is 17.5. The molecular formula is C15H20N4OS. The molecule has 112 valence electrons. The van der Waals surface area contributed by atoms with Crippen molar-refractivity contribution in [2.45, 2.75) is 26.6 Å². The molecule has 21 heavy (non-hydrogen) atoms. The monoisotopic (exact) mass is 304 g/mol. The van der Waals surface area contributed by atoms with Crippen LogP contribution >= 0.6 is 11.3 Å². The number of aryl methyl sites for hydroxylation is 2. The van der Waals surface area contributed by atoms with Crippen LogP contribution in [-0.2, 0) is 26.7 Å². The topological polar surface area (TPSA) is 41.4 Å². The van der Waals surface area contributed by atoms with Crippen LogP contribution in [0.2, 0.25) is 0 Å². The fraction of sp³-hybridized carbons (Fsp3) is 0.467. The molecule has 1 amide bonds. The van der Waals surface area contributed by atoms with Crippen molar-refractivity contribution >= 4 is 17.2 Å². The average Bonchev–Trinajstić information content (AvgIpc) is 3.07. The molecule has 0 saturated carbocycles. The van der Waals surface area contributed by atoms with Crippen LogP contribution in [-0.4, -0.2) is 39.6 Å². The normalized spacial score (nSPS) is 14.0. The molecule has 3 rings (SSSR count). The summed E-state index contributed by atoms with van der Waals surface area (Å²) in [7, 11) is 6.03. The third kappa shape index (κ3) is 2.49. The summed E-state index contributed by atoms with van der Waals surface area (Å²) in [6.07, 6.45) is 0. The Bertz CT molecular complexity index is 686. The summed E-state index contributed by atoms with van der Waals surface area (Å²) in [5.74, 6) is 0.134. The number of aromatic nitrogens is 2. The standard InChI is InChI=1S/C15H20N4OS/c1-10-5-6-21-14(10)15(20)19-7-11-12(8-17(2)3)16-18(4)13(11)9-19/h5-6H,7-9H2,1-4H3. The second kappa shape index (κ2) is 5.27. The second-order valence-corrected chi connectivity index (χ2v) is 6.74. The lowest BCUT2D eigenvalue weighted by atomic mass is 10.2.